The Morgan fingerprint density at radius 1 is 1.11 bits per heavy atom. The average molecular weight is 379 g/mol. The molecule has 0 bridgehead atoms. The van der Waals surface area contributed by atoms with Crippen LogP contribution in [0.25, 0.3) is 0 Å². The van der Waals surface area contributed by atoms with Crippen molar-refractivity contribution in [1.29, 1.82) is 0 Å². The molecule has 4 heteroatoms. The van der Waals surface area contributed by atoms with E-state index >= 15 is 0 Å². The zero-order chi connectivity index (χ0) is 12.8. The largest absolute Gasteiger partial charge is 0.357 e. The molecule has 0 aromatic heterocycles. The molecule has 2 fully saturated rings. The van der Waals surface area contributed by atoms with Crippen molar-refractivity contribution in [2.75, 3.05) is 26.7 Å². The summed E-state index contributed by atoms with van der Waals surface area (Å²) in [6, 6.07) is 0. The summed E-state index contributed by atoms with van der Waals surface area (Å²) >= 11 is 0. The van der Waals surface area contributed by atoms with Crippen molar-refractivity contribution < 1.29 is 0 Å². The molecule has 0 aromatic rings. The molecule has 2 rings (SSSR count). The molecule has 0 unspecified atom stereocenters. The minimum absolute atomic E-state index is 0. The third-order valence-electron chi connectivity index (χ3n) is 4.67. The van der Waals surface area contributed by atoms with Gasteiger partial charge in [0.1, 0.15) is 0 Å². The standard InChI is InChI=1S/C15H29N3.HI/c1-3-17-14(16-2)18-12-8-11-15(13-18)9-6-4-5-7-10-15;/h3-13H2,1-2H3,(H,16,17);1H. The summed E-state index contributed by atoms with van der Waals surface area (Å²) in [5.41, 5.74) is 0.597. The van der Waals surface area contributed by atoms with Crippen LogP contribution in [0.2, 0.25) is 0 Å². The van der Waals surface area contributed by atoms with Gasteiger partial charge in [-0.1, -0.05) is 25.7 Å². The van der Waals surface area contributed by atoms with E-state index < -0.39 is 0 Å². The van der Waals surface area contributed by atoms with Crippen molar-refractivity contribution in [3.8, 4) is 0 Å². The second-order valence-corrected chi connectivity index (χ2v) is 6.02. The first-order chi connectivity index (χ1) is 8.79. The Balaban J connectivity index is 0.00000180. The number of nitrogens with one attached hydrogen (secondary N) is 1. The topological polar surface area (TPSA) is 27.6 Å². The Morgan fingerprint density at radius 2 is 1.74 bits per heavy atom. The molecule has 3 nitrogen and oxygen atoms in total. The number of likely N-dealkylation sites (tertiary alicyclic amines) is 1. The monoisotopic (exact) mass is 379 g/mol. The number of hydrogen-bond acceptors (Lipinski definition) is 1. The van der Waals surface area contributed by atoms with Gasteiger partial charge in [-0.25, -0.2) is 0 Å². The molecule has 0 amide bonds. The second-order valence-electron chi connectivity index (χ2n) is 6.02. The van der Waals surface area contributed by atoms with Gasteiger partial charge in [0.05, 0.1) is 0 Å². The normalized spacial score (nSPS) is 23.7. The summed E-state index contributed by atoms with van der Waals surface area (Å²) in [7, 11) is 1.91. The van der Waals surface area contributed by atoms with Gasteiger partial charge in [-0.05, 0) is 38.0 Å². The van der Waals surface area contributed by atoms with Crippen molar-refractivity contribution in [2.45, 2.75) is 58.3 Å². The van der Waals surface area contributed by atoms with Crippen LogP contribution in [0.3, 0.4) is 0 Å². The molecule has 1 saturated heterocycles. The third kappa shape index (κ3) is 4.50. The first kappa shape index (κ1) is 17.1. The number of halogens is 1. The fraction of sp³-hybridized carbons (Fsp3) is 0.933. The molecule has 1 N–H and O–H groups in total. The molecule has 1 saturated carbocycles. The molecule has 0 radical (unpaired) electrons. The highest BCUT2D eigenvalue weighted by Crippen LogP contribution is 2.42. The minimum Gasteiger partial charge on any atom is -0.357 e. The summed E-state index contributed by atoms with van der Waals surface area (Å²) in [4.78, 5) is 6.93. The molecule has 0 atom stereocenters. The SMILES string of the molecule is CCNC(=NC)N1CCCC2(CCCCCC2)C1.I. The Bertz CT molecular complexity index is 283. The van der Waals surface area contributed by atoms with Crippen molar-refractivity contribution in [1.82, 2.24) is 10.2 Å². The van der Waals surface area contributed by atoms with Gasteiger partial charge in [0.25, 0.3) is 0 Å². The van der Waals surface area contributed by atoms with Crippen molar-refractivity contribution >= 4 is 29.9 Å². The Morgan fingerprint density at radius 3 is 2.32 bits per heavy atom. The van der Waals surface area contributed by atoms with E-state index in [9.17, 15) is 0 Å². The van der Waals surface area contributed by atoms with Crippen LogP contribution in [0.15, 0.2) is 4.99 Å². The predicted molar refractivity (Wildman–Crippen MR) is 93.4 cm³/mol. The summed E-state index contributed by atoms with van der Waals surface area (Å²) in [6.45, 7) is 5.53. The average Bonchev–Trinajstić information content (AvgIpc) is 2.62. The zero-order valence-corrected chi connectivity index (χ0v) is 14.9. The summed E-state index contributed by atoms with van der Waals surface area (Å²) in [6.07, 6.45) is 11.4. The summed E-state index contributed by atoms with van der Waals surface area (Å²) in [5, 5.41) is 3.42. The number of rotatable bonds is 1. The van der Waals surface area contributed by atoms with Crippen molar-refractivity contribution in [3.05, 3.63) is 0 Å². The molecule has 2 aliphatic rings. The molecule has 1 aliphatic heterocycles. The van der Waals surface area contributed by atoms with Crippen LogP contribution >= 0.6 is 24.0 Å². The lowest BCUT2D eigenvalue weighted by atomic mass is 9.74. The van der Waals surface area contributed by atoms with Crippen LogP contribution < -0.4 is 5.32 Å². The maximum absolute atomic E-state index is 4.43. The number of guanidine groups is 1. The Kier molecular flexibility index (Phi) is 7.47. The van der Waals surface area contributed by atoms with Crippen LogP contribution in [-0.4, -0.2) is 37.5 Å². The van der Waals surface area contributed by atoms with E-state index in [1.165, 1.54) is 64.5 Å². The number of piperidine rings is 1. The fourth-order valence-corrected chi connectivity index (χ4v) is 3.77. The second kappa shape index (κ2) is 8.32. The number of hydrogen-bond donors (Lipinski definition) is 1. The summed E-state index contributed by atoms with van der Waals surface area (Å²) < 4.78 is 0. The quantitative estimate of drug-likeness (QED) is 0.428. The first-order valence-electron chi connectivity index (χ1n) is 7.75. The molecule has 19 heavy (non-hydrogen) atoms. The highest BCUT2D eigenvalue weighted by Gasteiger charge is 2.36. The van der Waals surface area contributed by atoms with Gasteiger partial charge < -0.3 is 10.2 Å². The maximum Gasteiger partial charge on any atom is 0.193 e. The highest BCUT2D eigenvalue weighted by atomic mass is 127. The Labute approximate surface area is 135 Å². The van der Waals surface area contributed by atoms with E-state index in [0.717, 1.165) is 12.5 Å². The molecule has 0 aromatic carbocycles. The van der Waals surface area contributed by atoms with E-state index in [2.05, 4.69) is 22.1 Å². The van der Waals surface area contributed by atoms with E-state index in [4.69, 9.17) is 0 Å². The lowest BCUT2D eigenvalue weighted by molar-refractivity contribution is 0.115. The Hall–Kier alpha value is 0. The van der Waals surface area contributed by atoms with Gasteiger partial charge in [-0.2, -0.15) is 0 Å². The molecular formula is C15H30IN3. The van der Waals surface area contributed by atoms with Crippen LogP contribution in [0.1, 0.15) is 58.3 Å². The lowest BCUT2D eigenvalue weighted by Gasteiger charge is -2.44. The molecule has 112 valence electrons. The van der Waals surface area contributed by atoms with Gasteiger partial charge in [0, 0.05) is 26.7 Å². The van der Waals surface area contributed by atoms with Gasteiger partial charge in [-0.3, -0.25) is 4.99 Å². The first-order valence-corrected chi connectivity index (χ1v) is 7.75. The van der Waals surface area contributed by atoms with Crippen molar-refractivity contribution in [3.63, 3.8) is 0 Å². The van der Waals surface area contributed by atoms with Gasteiger partial charge in [-0.15, -0.1) is 24.0 Å². The molecule has 1 heterocycles. The molecular weight excluding hydrogens is 349 g/mol. The van der Waals surface area contributed by atoms with Crippen molar-refractivity contribution in [2.24, 2.45) is 10.4 Å². The predicted octanol–water partition coefficient (Wildman–Crippen LogP) is 3.64. The smallest absolute Gasteiger partial charge is 0.193 e. The third-order valence-corrected chi connectivity index (χ3v) is 4.67. The van der Waals surface area contributed by atoms with Gasteiger partial charge in [0.15, 0.2) is 5.96 Å². The van der Waals surface area contributed by atoms with E-state index in [-0.39, 0.29) is 24.0 Å². The zero-order valence-electron chi connectivity index (χ0n) is 12.6. The van der Waals surface area contributed by atoms with Crippen LogP contribution in [0, 0.1) is 5.41 Å². The minimum atomic E-state index is 0. The molecule has 1 spiro atoms. The number of aliphatic imine (C=N–C) groups is 1. The van der Waals surface area contributed by atoms with E-state index in [0.29, 0.717) is 5.41 Å². The number of nitrogens with zero attached hydrogens (tertiary/aromatic N) is 2. The van der Waals surface area contributed by atoms with Crippen LogP contribution in [0.4, 0.5) is 0 Å². The molecule has 1 aliphatic carbocycles. The van der Waals surface area contributed by atoms with Gasteiger partial charge in [0.2, 0.25) is 0 Å². The van der Waals surface area contributed by atoms with Crippen LogP contribution in [0.5, 0.6) is 0 Å². The fourth-order valence-electron chi connectivity index (χ4n) is 3.77. The highest BCUT2D eigenvalue weighted by molar-refractivity contribution is 14.0. The summed E-state index contributed by atoms with van der Waals surface area (Å²) in [5.74, 6) is 1.11. The van der Waals surface area contributed by atoms with Gasteiger partial charge >= 0.3 is 0 Å². The maximum atomic E-state index is 4.43. The van der Waals surface area contributed by atoms with E-state index in [1.807, 2.05) is 7.05 Å². The lowest BCUT2D eigenvalue weighted by Crippen LogP contribution is -2.50. The van der Waals surface area contributed by atoms with Crippen LogP contribution in [-0.2, 0) is 0 Å². The van der Waals surface area contributed by atoms with E-state index in [1.54, 1.807) is 0 Å².